The van der Waals surface area contributed by atoms with Gasteiger partial charge in [-0.25, -0.2) is 8.78 Å². The van der Waals surface area contributed by atoms with E-state index >= 15 is 0 Å². The van der Waals surface area contributed by atoms with E-state index < -0.39 is 20.0 Å². The van der Waals surface area contributed by atoms with Crippen LogP contribution < -0.4 is 0 Å². The summed E-state index contributed by atoms with van der Waals surface area (Å²) in [6.07, 6.45) is 0. The highest BCUT2D eigenvalue weighted by Crippen LogP contribution is 2.15. The average molecular weight is 216 g/mol. The Bertz CT molecular complexity index is 326. The number of halogens is 2. The van der Waals surface area contributed by atoms with Crippen molar-refractivity contribution in [3.63, 3.8) is 0 Å². The van der Waals surface area contributed by atoms with E-state index in [1.165, 1.54) is 6.07 Å². The van der Waals surface area contributed by atoms with Gasteiger partial charge in [-0.1, -0.05) is 6.07 Å². The van der Waals surface area contributed by atoms with E-state index in [0.29, 0.717) is 6.04 Å². The largest absolute Gasteiger partial charge is 0.420 e. The van der Waals surface area contributed by atoms with Crippen LogP contribution in [0.15, 0.2) is 18.2 Å². The quantitative estimate of drug-likeness (QED) is 0.706. The molecular formula is C10H14F2OSi. The molecule has 78 valence electrons. The Balaban J connectivity index is 2.83. The lowest BCUT2D eigenvalue weighted by molar-refractivity contribution is 0.403. The summed E-state index contributed by atoms with van der Waals surface area (Å²) < 4.78 is 30.8. The number of hydrogen-bond acceptors (Lipinski definition) is 1. The van der Waals surface area contributed by atoms with Crippen LogP contribution in [-0.2, 0) is 10.5 Å². The second-order valence-corrected chi connectivity index (χ2v) is 8.17. The first-order valence-electron chi connectivity index (χ1n) is 4.44. The number of rotatable bonds is 3. The first kappa shape index (κ1) is 11.3. The normalized spacial score (nSPS) is 11.8. The Morgan fingerprint density at radius 1 is 1.21 bits per heavy atom. The molecule has 0 aliphatic heterocycles. The molecule has 0 aromatic heterocycles. The van der Waals surface area contributed by atoms with Gasteiger partial charge in [-0.05, 0) is 36.8 Å². The van der Waals surface area contributed by atoms with Gasteiger partial charge in [-0.3, -0.25) is 0 Å². The minimum atomic E-state index is -1.75. The highest BCUT2D eigenvalue weighted by Gasteiger charge is 2.21. The molecule has 0 N–H and O–H groups in total. The standard InChI is InChI=1S/C10H14F2OSi/c1-13-14(2,3)7-8-4-5-9(11)10(12)6-8/h4-6H,7H2,1-3H3. The fraction of sp³-hybridized carbons (Fsp3) is 0.400. The van der Waals surface area contributed by atoms with Gasteiger partial charge >= 0.3 is 0 Å². The van der Waals surface area contributed by atoms with Crippen LogP contribution in [0.2, 0.25) is 13.1 Å². The average Bonchev–Trinajstić information content (AvgIpc) is 2.11. The summed E-state index contributed by atoms with van der Waals surface area (Å²) in [6.45, 7) is 4.07. The summed E-state index contributed by atoms with van der Waals surface area (Å²) in [5.74, 6) is -1.59. The summed E-state index contributed by atoms with van der Waals surface area (Å²) in [5, 5.41) is 0. The minimum Gasteiger partial charge on any atom is -0.420 e. The molecule has 0 saturated carbocycles. The molecule has 0 fully saturated rings. The molecule has 0 spiro atoms. The Morgan fingerprint density at radius 3 is 2.36 bits per heavy atom. The molecule has 0 saturated heterocycles. The van der Waals surface area contributed by atoms with Gasteiger partial charge in [0.25, 0.3) is 0 Å². The third-order valence-electron chi connectivity index (χ3n) is 2.17. The van der Waals surface area contributed by atoms with Crippen LogP contribution in [0, 0.1) is 11.6 Å². The van der Waals surface area contributed by atoms with Gasteiger partial charge in [0.05, 0.1) is 0 Å². The first-order chi connectivity index (χ1) is 6.44. The van der Waals surface area contributed by atoms with Crippen molar-refractivity contribution in [1.29, 1.82) is 0 Å². The monoisotopic (exact) mass is 216 g/mol. The van der Waals surface area contributed by atoms with Crippen molar-refractivity contribution in [2.75, 3.05) is 7.11 Å². The number of hydrogen-bond donors (Lipinski definition) is 0. The third kappa shape index (κ3) is 2.89. The van der Waals surface area contributed by atoms with Crippen molar-refractivity contribution in [1.82, 2.24) is 0 Å². The Labute approximate surface area is 83.8 Å². The van der Waals surface area contributed by atoms with Crippen LogP contribution in [0.4, 0.5) is 8.78 Å². The molecule has 0 unspecified atom stereocenters. The van der Waals surface area contributed by atoms with Crippen molar-refractivity contribution in [3.8, 4) is 0 Å². The maximum absolute atomic E-state index is 12.9. The third-order valence-corrected chi connectivity index (χ3v) is 4.53. The van der Waals surface area contributed by atoms with Crippen molar-refractivity contribution < 1.29 is 13.2 Å². The van der Waals surface area contributed by atoms with Gasteiger partial charge in [0, 0.05) is 7.11 Å². The van der Waals surface area contributed by atoms with E-state index in [1.54, 1.807) is 13.2 Å². The van der Waals surface area contributed by atoms with Crippen LogP contribution in [0.25, 0.3) is 0 Å². The molecule has 1 rings (SSSR count). The zero-order valence-electron chi connectivity index (χ0n) is 8.60. The van der Waals surface area contributed by atoms with E-state index in [2.05, 4.69) is 0 Å². The topological polar surface area (TPSA) is 9.23 Å². The van der Waals surface area contributed by atoms with Gasteiger partial charge < -0.3 is 4.43 Å². The molecule has 0 amide bonds. The SMILES string of the molecule is CO[Si](C)(C)Cc1ccc(F)c(F)c1. The molecule has 4 heteroatoms. The van der Waals surface area contributed by atoms with Crippen molar-refractivity contribution in [2.24, 2.45) is 0 Å². The zero-order chi connectivity index (χ0) is 10.8. The second-order valence-electron chi connectivity index (χ2n) is 3.89. The molecule has 1 nitrogen and oxygen atoms in total. The molecule has 0 aliphatic rings. The van der Waals surface area contributed by atoms with E-state index in [9.17, 15) is 8.78 Å². The molecule has 0 heterocycles. The fourth-order valence-corrected chi connectivity index (χ4v) is 2.56. The van der Waals surface area contributed by atoms with Crippen LogP contribution in [0.5, 0.6) is 0 Å². The van der Waals surface area contributed by atoms with Crippen LogP contribution in [0.3, 0.4) is 0 Å². The minimum absolute atomic E-state index is 0.695. The van der Waals surface area contributed by atoms with E-state index in [4.69, 9.17) is 4.43 Å². The van der Waals surface area contributed by atoms with Crippen LogP contribution >= 0.6 is 0 Å². The predicted octanol–water partition coefficient (Wildman–Crippen LogP) is 2.90. The Morgan fingerprint density at radius 2 is 1.86 bits per heavy atom. The lowest BCUT2D eigenvalue weighted by Gasteiger charge is -2.19. The lowest BCUT2D eigenvalue weighted by Crippen LogP contribution is -2.32. The van der Waals surface area contributed by atoms with Crippen molar-refractivity contribution in [2.45, 2.75) is 19.1 Å². The van der Waals surface area contributed by atoms with Gasteiger partial charge in [0.15, 0.2) is 20.0 Å². The Hall–Kier alpha value is -0.743. The van der Waals surface area contributed by atoms with Crippen LogP contribution in [0.1, 0.15) is 5.56 Å². The van der Waals surface area contributed by atoms with Crippen LogP contribution in [-0.4, -0.2) is 15.4 Å². The van der Waals surface area contributed by atoms with E-state index in [-0.39, 0.29) is 0 Å². The highest BCUT2D eigenvalue weighted by atomic mass is 28.4. The summed E-state index contributed by atoms with van der Waals surface area (Å²) in [5.41, 5.74) is 0.794. The van der Waals surface area contributed by atoms with Gasteiger partial charge in [-0.2, -0.15) is 0 Å². The molecule has 0 aliphatic carbocycles. The van der Waals surface area contributed by atoms with Gasteiger partial charge in [0.2, 0.25) is 0 Å². The fourth-order valence-electron chi connectivity index (χ4n) is 1.21. The molecule has 1 aromatic carbocycles. The molecule has 14 heavy (non-hydrogen) atoms. The van der Waals surface area contributed by atoms with E-state index in [0.717, 1.165) is 11.6 Å². The van der Waals surface area contributed by atoms with Crippen molar-refractivity contribution >= 4 is 8.32 Å². The molecule has 0 bridgehead atoms. The molecule has 1 aromatic rings. The highest BCUT2D eigenvalue weighted by molar-refractivity contribution is 6.70. The molecule has 0 radical (unpaired) electrons. The smallest absolute Gasteiger partial charge is 0.190 e. The summed E-state index contributed by atoms with van der Waals surface area (Å²) in [4.78, 5) is 0. The number of benzene rings is 1. The first-order valence-corrected chi connectivity index (χ1v) is 7.55. The maximum atomic E-state index is 12.9. The van der Waals surface area contributed by atoms with Crippen molar-refractivity contribution in [3.05, 3.63) is 35.4 Å². The lowest BCUT2D eigenvalue weighted by atomic mass is 10.2. The Kier molecular flexibility index (Phi) is 3.39. The second kappa shape index (κ2) is 4.19. The summed E-state index contributed by atoms with van der Waals surface area (Å²) in [7, 11) is -0.0887. The predicted molar refractivity (Wildman–Crippen MR) is 54.6 cm³/mol. The summed E-state index contributed by atoms with van der Waals surface area (Å²) >= 11 is 0. The van der Waals surface area contributed by atoms with Gasteiger partial charge in [0.1, 0.15) is 0 Å². The van der Waals surface area contributed by atoms with Gasteiger partial charge in [-0.15, -0.1) is 0 Å². The molecular weight excluding hydrogens is 202 g/mol. The molecule has 0 atom stereocenters. The maximum Gasteiger partial charge on any atom is 0.190 e. The zero-order valence-corrected chi connectivity index (χ0v) is 9.60. The van der Waals surface area contributed by atoms with E-state index in [1.807, 2.05) is 13.1 Å². The summed E-state index contributed by atoms with van der Waals surface area (Å²) in [6, 6.07) is 4.70.